The number of hydrogen-bond donors (Lipinski definition) is 0. The molecule has 1 atom stereocenters. The number of halogens is 1. The van der Waals surface area contributed by atoms with Crippen molar-refractivity contribution in [3.05, 3.63) is 22.8 Å². The van der Waals surface area contributed by atoms with E-state index in [9.17, 15) is 0 Å². The molecule has 1 fully saturated rings. The average Bonchev–Trinajstić information content (AvgIpc) is 2.52. The lowest BCUT2D eigenvalue weighted by Gasteiger charge is -2.23. The lowest BCUT2D eigenvalue weighted by Crippen LogP contribution is -2.27. The van der Waals surface area contributed by atoms with Crippen molar-refractivity contribution in [2.75, 3.05) is 11.4 Å². The predicted molar refractivity (Wildman–Crippen MR) is 58.0 cm³/mol. The van der Waals surface area contributed by atoms with E-state index in [4.69, 9.17) is 0 Å². The van der Waals surface area contributed by atoms with Crippen molar-refractivity contribution in [1.82, 2.24) is 4.98 Å². The maximum atomic E-state index is 4.39. The van der Waals surface area contributed by atoms with Crippen LogP contribution in [0.1, 0.15) is 19.8 Å². The molecule has 2 heterocycles. The van der Waals surface area contributed by atoms with Gasteiger partial charge in [-0.25, -0.2) is 4.98 Å². The van der Waals surface area contributed by atoms with Crippen molar-refractivity contribution >= 4 is 21.7 Å². The van der Waals surface area contributed by atoms with Gasteiger partial charge in [0.15, 0.2) is 0 Å². The van der Waals surface area contributed by atoms with Gasteiger partial charge >= 0.3 is 0 Å². The Morgan fingerprint density at radius 2 is 2.46 bits per heavy atom. The Morgan fingerprint density at radius 1 is 1.62 bits per heavy atom. The van der Waals surface area contributed by atoms with Gasteiger partial charge in [0.2, 0.25) is 0 Å². The summed E-state index contributed by atoms with van der Waals surface area (Å²) in [7, 11) is 0. The molecule has 70 valence electrons. The standard InChI is InChI=1S/C10H13BrN2/c1-8-4-3-7-13(8)10-9(11)5-2-6-12-10/h2,5-6,8H,3-4,7H2,1H3. The van der Waals surface area contributed by atoms with Crippen LogP contribution in [-0.4, -0.2) is 17.6 Å². The van der Waals surface area contributed by atoms with Gasteiger partial charge in [0.05, 0.1) is 4.47 Å². The Hall–Kier alpha value is -0.570. The number of anilines is 1. The topological polar surface area (TPSA) is 16.1 Å². The van der Waals surface area contributed by atoms with Crippen LogP contribution < -0.4 is 4.90 Å². The van der Waals surface area contributed by atoms with Crippen LogP contribution in [0.15, 0.2) is 22.8 Å². The van der Waals surface area contributed by atoms with Crippen LogP contribution in [-0.2, 0) is 0 Å². The molecule has 1 aromatic rings. The summed E-state index contributed by atoms with van der Waals surface area (Å²) < 4.78 is 1.10. The molecule has 1 aliphatic heterocycles. The summed E-state index contributed by atoms with van der Waals surface area (Å²) in [5.41, 5.74) is 0. The largest absolute Gasteiger partial charge is 0.353 e. The van der Waals surface area contributed by atoms with E-state index in [1.807, 2.05) is 18.3 Å². The predicted octanol–water partition coefficient (Wildman–Crippen LogP) is 2.83. The quantitative estimate of drug-likeness (QED) is 0.751. The molecular formula is C10H13BrN2. The number of rotatable bonds is 1. The van der Waals surface area contributed by atoms with Crippen LogP contribution in [0.4, 0.5) is 5.82 Å². The maximum absolute atomic E-state index is 4.39. The fourth-order valence-corrected chi connectivity index (χ4v) is 2.32. The molecule has 1 unspecified atom stereocenters. The zero-order valence-corrected chi connectivity index (χ0v) is 9.29. The summed E-state index contributed by atoms with van der Waals surface area (Å²) in [6.07, 6.45) is 4.42. The highest BCUT2D eigenvalue weighted by atomic mass is 79.9. The summed E-state index contributed by atoms with van der Waals surface area (Å²) in [6.45, 7) is 3.39. The van der Waals surface area contributed by atoms with E-state index in [0.29, 0.717) is 6.04 Å². The molecule has 2 nitrogen and oxygen atoms in total. The Bertz CT molecular complexity index is 301. The molecule has 1 aromatic heterocycles. The molecule has 0 spiro atoms. The Labute approximate surface area is 87.1 Å². The molecule has 13 heavy (non-hydrogen) atoms. The fraction of sp³-hybridized carbons (Fsp3) is 0.500. The number of aromatic nitrogens is 1. The maximum Gasteiger partial charge on any atom is 0.143 e. The fourth-order valence-electron chi connectivity index (χ4n) is 1.84. The van der Waals surface area contributed by atoms with Crippen LogP contribution in [0.25, 0.3) is 0 Å². The SMILES string of the molecule is CC1CCCN1c1ncccc1Br. The molecule has 0 aromatic carbocycles. The monoisotopic (exact) mass is 240 g/mol. The van der Waals surface area contributed by atoms with Crippen LogP contribution >= 0.6 is 15.9 Å². The van der Waals surface area contributed by atoms with Gasteiger partial charge in [0.25, 0.3) is 0 Å². The van der Waals surface area contributed by atoms with Crippen molar-refractivity contribution < 1.29 is 0 Å². The third-order valence-corrected chi connectivity index (χ3v) is 3.18. The first-order valence-corrected chi connectivity index (χ1v) is 5.45. The van der Waals surface area contributed by atoms with Gasteiger partial charge in [-0.15, -0.1) is 0 Å². The first kappa shape index (κ1) is 9.00. The van der Waals surface area contributed by atoms with Gasteiger partial charge in [-0.2, -0.15) is 0 Å². The molecule has 0 N–H and O–H groups in total. The van der Waals surface area contributed by atoms with Crippen LogP contribution in [0.3, 0.4) is 0 Å². The highest BCUT2D eigenvalue weighted by Gasteiger charge is 2.22. The van der Waals surface area contributed by atoms with Crippen molar-refractivity contribution in [2.24, 2.45) is 0 Å². The minimum atomic E-state index is 0.631. The van der Waals surface area contributed by atoms with Crippen molar-refractivity contribution in [1.29, 1.82) is 0 Å². The minimum absolute atomic E-state index is 0.631. The summed E-state index contributed by atoms with van der Waals surface area (Å²) in [6, 6.07) is 4.63. The van der Waals surface area contributed by atoms with Gasteiger partial charge in [0.1, 0.15) is 5.82 Å². The second kappa shape index (κ2) is 3.66. The molecule has 1 aliphatic rings. The molecule has 1 saturated heterocycles. The minimum Gasteiger partial charge on any atom is -0.353 e. The van der Waals surface area contributed by atoms with E-state index in [1.165, 1.54) is 12.8 Å². The summed E-state index contributed by atoms with van der Waals surface area (Å²) in [5.74, 6) is 1.09. The highest BCUT2D eigenvalue weighted by molar-refractivity contribution is 9.10. The highest BCUT2D eigenvalue weighted by Crippen LogP contribution is 2.29. The average molecular weight is 241 g/mol. The first-order chi connectivity index (χ1) is 6.29. The van der Waals surface area contributed by atoms with Gasteiger partial charge in [0, 0.05) is 18.8 Å². The zero-order chi connectivity index (χ0) is 9.26. The Balaban J connectivity index is 2.29. The van der Waals surface area contributed by atoms with Crippen LogP contribution in [0.2, 0.25) is 0 Å². The second-order valence-corrected chi connectivity index (χ2v) is 4.35. The summed E-state index contributed by atoms with van der Waals surface area (Å²) in [5, 5.41) is 0. The second-order valence-electron chi connectivity index (χ2n) is 3.49. The Kier molecular flexibility index (Phi) is 2.54. The number of hydrogen-bond acceptors (Lipinski definition) is 2. The van der Waals surface area contributed by atoms with E-state index in [2.05, 4.69) is 32.7 Å². The van der Waals surface area contributed by atoms with Gasteiger partial charge in [-0.3, -0.25) is 0 Å². The Morgan fingerprint density at radius 3 is 3.08 bits per heavy atom. The van der Waals surface area contributed by atoms with Crippen LogP contribution in [0, 0.1) is 0 Å². The first-order valence-electron chi connectivity index (χ1n) is 4.66. The van der Waals surface area contributed by atoms with Crippen molar-refractivity contribution in [3.63, 3.8) is 0 Å². The number of nitrogens with zero attached hydrogens (tertiary/aromatic N) is 2. The van der Waals surface area contributed by atoms with Gasteiger partial charge < -0.3 is 4.90 Å². The number of pyridine rings is 1. The van der Waals surface area contributed by atoms with Crippen molar-refractivity contribution in [2.45, 2.75) is 25.8 Å². The third kappa shape index (κ3) is 1.70. The molecule has 0 saturated carbocycles. The van der Waals surface area contributed by atoms with Crippen molar-refractivity contribution in [3.8, 4) is 0 Å². The van der Waals surface area contributed by atoms with Gasteiger partial charge in [-0.1, -0.05) is 0 Å². The summed E-state index contributed by atoms with van der Waals surface area (Å²) >= 11 is 3.53. The molecule has 0 amide bonds. The van der Waals surface area contributed by atoms with E-state index in [-0.39, 0.29) is 0 Å². The molecule has 0 radical (unpaired) electrons. The molecule has 0 aliphatic carbocycles. The van der Waals surface area contributed by atoms with Crippen LogP contribution in [0.5, 0.6) is 0 Å². The molecule has 3 heteroatoms. The summed E-state index contributed by atoms with van der Waals surface area (Å²) in [4.78, 5) is 6.75. The van der Waals surface area contributed by atoms with E-state index in [1.54, 1.807) is 0 Å². The van der Waals surface area contributed by atoms with E-state index in [0.717, 1.165) is 16.8 Å². The third-order valence-electron chi connectivity index (χ3n) is 2.56. The molecule has 0 bridgehead atoms. The van der Waals surface area contributed by atoms with E-state index >= 15 is 0 Å². The lowest BCUT2D eigenvalue weighted by molar-refractivity contribution is 0.726. The van der Waals surface area contributed by atoms with E-state index < -0.39 is 0 Å². The molecule has 2 rings (SSSR count). The lowest BCUT2D eigenvalue weighted by atomic mass is 10.2. The van der Waals surface area contributed by atoms with Gasteiger partial charge in [-0.05, 0) is 47.8 Å². The smallest absolute Gasteiger partial charge is 0.143 e. The molecular weight excluding hydrogens is 228 g/mol. The zero-order valence-electron chi connectivity index (χ0n) is 7.70. The normalized spacial score (nSPS) is 22.3.